The number of fused-ring (bicyclic) bond motifs is 1. The summed E-state index contributed by atoms with van der Waals surface area (Å²) in [5, 5.41) is 3.47. The van der Waals surface area contributed by atoms with Crippen molar-refractivity contribution in [3.05, 3.63) is 71.0 Å². The topological polar surface area (TPSA) is 32.3 Å². The van der Waals surface area contributed by atoms with Crippen molar-refractivity contribution in [2.75, 3.05) is 13.1 Å². The van der Waals surface area contributed by atoms with Gasteiger partial charge in [-0.05, 0) is 61.1 Å². The number of halogens is 1. The standard InChI is InChI=1S/C22H25FN2O/c23-18-9-7-17(8-10-18)22-20-6-2-1-4-16(20)13-15-25(22)21(26)12-11-19-5-3-14-24-19/h1-2,4,6-10,19,22,24H,3,5,11-15H2/t19-,22+/m0/s1. The molecule has 2 heterocycles. The Kier molecular flexibility index (Phi) is 5.02. The van der Waals surface area contributed by atoms with E-state index in [9.17, 15) is 9.18 Å². The molecule has 1 amide bonds. The molecule has 1 saturated heterocycles. The van der Waals surface area contributed by atoms with Crippen LogP contribution < -0.4 is 5.32 Å². The first-order valence-electron chi connectivity index (χ1n) is 9.58. The third kappa shape index (κ3) is 3.51. The fourth-order valence-electron chi connectivity index (χ4n) is 4.28. The van der Waals surface area contributed by atoms with E-state index in [1.165, 1.54) is 24.1 Å². The number of carbonyl (C=O) groups is 1. The van der Waals surface area contributed by atoms with Gasteiger partial charge in [0.05, 0.1) is 6.04 Å². The zero-order chi connectivity index (χ0) is 17.9. The van der Waals surface area contributed by atoms with Crippen LogP contribution in [0.3, 0.4) is 0 Å². The molecule has 0 saturated carbocycles. The normalized spacial score (nSPS) is 22.3. The van der Waals surface area contributed by atoms with Crippen LogP contribution in [0.1, 0.15) is 48.4 Å². The highest BCUT2D eigenvalue weighted by Crippen LogP contribution is 2.35. The summed E-state index contributed by atoms with van der Waals surface area (Å²) in [4.78, 5) is 15.0. The van der Waals surface area contributed by atoms with Crippen molar-refractivity contribution in [3.63, 3.8) is 0 Å². The predicted molar refractivity (Wildman–Crippen MR) is 100 cm³/mol. The van der Waals surface area contributed by atoms with Gasteiger partial charge >= 0.3 is 0 Å². The van der Waals surface area contributed by atoms with E-state index in [-0.39, 0.29) is 17.8 Å². The Morgan fingerprint density at radius 2 is 1.96 bits per heavy atom. The van der Waals surface area contributed by atoms with Crippen LogP contribution in [0.4, 0.5) is 4.39 Å². The summed E-state index contributed by atoms with van der Waals surface area (Å²) < 4.78 is 13.4. The van der Waals surface area contributed by atoms with Crippen LogP contribution in [-0.2, 0) is 11.2 Å². The van der Waals surface area contributed by atoms with Crippen molar-refractivity contribution >= 4 is 5.91 Å². The smallest absolute Gasteiger partial charge is 0.223 e. The van der Waals surface area contributed by atoms with Gasteiger partial charge in [0.25, 0.3) is 0 Å². The lowest BCUT2D eigenvalue weighted by Gasteiger charge is -2.38. The first kappa shape index (κ1) is 17.2. The second-order valence-corrected chi connectivity index (χ2v) is 7.32. The minimum atomic E-state index is -0.247. The molecule has 4 rings (SSSR count). The van der Waals surface area contributed by atoms with Gasteiger partial charge in [0.15, 0.2) is 0 Å². The third-order valence-corrected chi connectivity index (χ3v) is 5.66. The van der Waals surface area contributed by atoms with E-state index in [1.54, 1.807) is 12.1 Å². The number of amides is 1. The lowest BCUT2D eigenvalue weighted by molar-refractivity contribution is -0.133. The number of nitrogens with one attached hydrogen (secondary N) is 1. The van der Waals surface area contributed by atoms with E-state index in [0.717, 1.165) is 43.5 Å². The van der Waals surface area contributed by atoms with Crippen LogP contribution in [0.2, 0.25) is 0 Å². The molecule has 0 unspecified atom stereocenters. The summed E-state index contributed by atoms with van der Waals surface area (Å²) >= 11 is 0. The van der Waals surface area contributed by atoms with E-state index in [0.29, 0.717) is 12.5 Å². The fraction of sp³-hybridized carbons (Fsp3) is 0.409. The molecule has 2 aromatic carbocycles. The number of nitrogens with zero attached hydrogens (tertiary/aromatic N) is 1. The second kappa shape index (κ2) is 7.58. The van der Waals surface area contributed by atoms with Gasteiger partial charge in [-0.25, -0.2) is 4.39 Å². The van der Waals surface area contributed by atoms with Gasteiger partial charge in [0.2, 0.25) is 5.91 Å². The maximum atomic E-state index is 13.4. The maximum absolute atomic E-state index is 13.4. The first-order valence-corrected chi connectivity index (χ1v) is 9.58. The Morgan fingerprint density at radius 1 is 1.15 bits per heavy atom. The van der Waals surface area contributed by atoms with Crippen LogP contribution in [0.15, 0.2) is 48.5 Å². The van der Waals surface area contributed by atoms with E-state index in [1.807, 2.05) is 17.0 Å². The fourth-order valence-corrected chi connectivity index (χ4v) is 4.28. The van der Waals surface area contributed by atoms with E-state index < -0.39 is 0 Å². The highest BCUT2D eigenvalue weighted by atomic mass is 19.1. The largest absolute Gasteiger partial charge is 0.331 e. The quantitative estimate of drug-likeness (QED) is 0.907. The summed E-state index contributed by atoms with van der Waals surface area (Å²) in [6, 6.07) is 15.2. The van der Waals surface area contributed by atoms with Crippen molar-refractivity contribution in [1.82, 2.24) is 10.2 Å². The van der Waals surface area contributed by atoms with Crippen molar-refractivity contribution in [1.29, 1.82) is 0 Å². The Bertz CT molecular complexity index is 768. The average molecular weight is 352 g/mol. The number of hydrogen-bond donors (Lipinski definition) is 1. The molecule has 136 valence electrons. The molecule has 0 aromatic heterocycles. The van der Waals surface area contributed by atoms with E-state index >= 15 is 0 Å². The third-order valence-electron chi connectivity index (χ3n) is 5.66. The summed E-state index contributed by atoms with van der Waals surface area (Å²) in [5.41, 5.74) is 3.42. The van der Waals surface area contributed by atoms with Crippen LogP contribution in [0.5, 0.6) is 0 Å². The molecule has 3 nitrogen and oxygen atoms in total. The molecule has 2 aliphatic heterocycles. The SMILES string of the molecule is O=C(CC[C@@H]1CCCN1)N1CCc2ccccc2[C@H]1c1ccc(F)cc1. The summed E-state index contributed by atoms with van der Waals surface area (Å²) in [7, 11) is 0. The number of benzene rings is 2. The number of rotatable bonds is 4. The van der Waals surface area contributed by atoms with Gasteiger partial charge in [0.1, 0.15) is 5.82 Å². The first-order chi connectivity index (χ1) is 12.7. The molecular weight excluding hydrogens is 327 g/mol. The van der Waals surface area contributed by atoms with Gasteiger partial charge < -0.3 is 10.2 Å². The Labute approximate surface area is 154 Å². The van der Waals surface area contributed by atoms with Gasteiger partial charge in [-0.1, -0.05) is 36.4 Å². The molecule has 0 radical (unpaired) electrons. The molecule has 0 aliphatic carbocycles. The van der Waals surface area contributed by atoms with Crippen LogP contribution in [-0.4, -0.2) is 29.9 Å². The monoisotopic (exact) mass is 352 g/mol. The number of hydrogen-bond acceptors (Lipinski definition) is 2. The molecule has 4 heteroatoms. The van der Waals surface area contributed by atoms with Gasteiger partial charge in [-0.15, -0.1) is 0 Å². The van der Waals surface area contributed by atoms with Gasteiger partial charge in [-0.2, -0.15) is 0 Å². The predicted octanol–water partition coefficient (Wildman–Crippen LogP) is 3.83. The van der Waals surface area contributed by atoms with Gasteiger partial charge in [0, 0.05) is 19.0 Å². The molecule has 1 N–H and O–H groups in total. The molecule has 2 aliphatic rings. The highest BCUT2D eigenvalue weighted by Gasteiger charge is 2.32. The Balaban J connectivity index is 1.59. The summed E-state index contributed by atoms with van der Waals surface area (Å²) in [6.45, 7) is 1.78. The zero-order valence-electron chi connectivity index (χ0n) is 15.0. The van der Waals surface area contributed by atoms with Crippen molar-refractivity contribution in [3.8, 4) is 0 Å². The lowest BCUT2D eigenvalue weighted by Crippen LogP contribution is -2.41. The Morgan fingerprint density at radius 3 is 2.73 bits per heavy atom. The minimum absolute atomic E-state index is 0.121. The average Bonchev–Trinajstić information content (AvgIpc) is 3.19. The van der Waals surface area contributed by atoms with E-state index in [2.05, 4.69) is 17.4 Å². The van der Waals surface area contributed by atoms with Crippen LogP contribution >= 0.6 is 0 Å². The molecule has 0 bridgehead atoms. The molecule has 2 aromatic rings. The highest BCUT2D eigenvalue weighted by molar-refractivity contribution is 5.78. The molecular formula is C22H25FN2O. The molecule has 0 spiro atoms. The zero-order valence-corrected chi connectivity index (χ0v) is 15.0. The Hall–Kier alpha value is -2.20. The second-order valence-electron chi connectivity index (χ2n) is 7.32. The van der Waals surface area contributed by atoms with Crippen LogP contribution in [0.25, 0.3) is 0 Å². The van der Waals surface area contributed by atoms with Crippen molar-refractivity contribution in [2.45, 2.75) is 44.2 Å². The maximum Gasteiger partial charge on any atom is 0.223 e. The van der Waals surface area contributed by atoms with Crippen molar-refractivity contribution in [2.24, 2.45) is 0 Å². The molecule has 1 fully saturated rings. The summed E-state index contributed by atoms with van der Waals surface area (Å²) in [6.07, 6.45) is 4.71. The van der Waals surface area contributed by atoms with Gasteiger partial charge in [-0.3, -0.25) is 4.79 Å². The summed E-state index contributed by atoms with van der Waals surface area (Å²) in [5.74, 6) is -0.0504. The van der Waals surface area contributed by atoms with E-state index in [4.69, 9.17) is 0 Å². The van der Waals surface area contributed by atoms with Crippen molar-refractivity contribution < 1.29 is 9.18 Å². The minimum Gasteiger partial charge on any atom is -0.331 e. The molecule has 26 heavy (non-hydrogen) atoms. The van der Waals surface area contributed by atoms with Crippen LogP contribution in [0, 0.1) is 5.82 Å². The number of carbonyl (C=O) groups excluding carboxylic acids is 1. The molecule has 2 atom stereocenters. The lowest BCUT2D eigenvalue weighted by atomic mass is 9.88.